The molecule has 3 aromatic carbocycles. The summed E-state index contributed by atoms with van der Waals surface area (Å²) in [5.74, 6) is -0.127. The molecule has 0 aliphatic carbocycles. The first-order valence-electron chi connectivity index (χ1n) is 10.2. The molecule has 0 saturated heterocycles. The van der Waals surface area contributed by atoms with Crippen LogP contribution in [-0.2, 0) is 4.79 Å². The molecule has 156 valence electrons. The maximum atomic E-state index is 13.1. The lowest BCUT2D eigenvalue weighted by molar-refractivity contribution is -0.127. The first-order chi connectivity index (χ1) is 15.0. The molecule has 0 N–H and O–H groups in total. The van der Waals surface area contributed by atoms with Crippen LogP contribution in [0.3, 0.4) is 0 Å². The number of carbonyl (C=O) groups is 1. The molecule has 0 unspecified atom stereocenters. The minimum atomic E-state index is -0.136. The van der Waals surface area contributed by atoms with Gasteiger partial charge in [-0.1, -0.05) is 70.5 Å². The van der Waals surface area contributed by atoms with Gasteiger partial charge in [0.15, 0.2) is 0 Å². The van der Waals surface area contributed by atoms with Crippen molar-refractivity contribution in [2.45, 2.75) is 12.5 Å². The molecular formula is C26H24BrN3O. The van der Waals surface area contributed by atoms with Gasteiger partial charge in [-0.2, -0.15) is 5.10 Å². The summed E-state index contributed by atoms with van der Waals surface area (Å²) < 4.78 is 1.02. The number of halogens is 1. The molecule has 5 heteroatoms. The van der Waals surface area contributed by atoms with Crippen LogP contribution in [0.25, 0.3) is 6.08 Å². The summed E-state index contributed by atoms with van der Waals surface area (Å²) in [6.45, 7) is 0. The fraction of sp³-hybridized carbons (Fsp3) is 0.154. The third-order valence-electron chi connectivity index (χ3n) is 5.33. The monoisotopic (exact) mass is 473 g/mol. The van der Waals surface area contributed by atoms with E-state index in [4.69, 9.17) is 5.10 Å². The normalized spacial score (nSPS) is 15.9. The van der Waals surface area contributed by atoms with Gasteiger partial charge in [0.1, 0.15) is 0 Å². The van der Waals surface area contributed by atoms with Crippen LogP contribution >= 0.6 is 15.9 Å². The Morgan fingerprint density at radius 2 is 1.68 bits per heavy atom. The number of benzene rings is 3. The Bertz CT molecular complexity index is 1100. The van der Waals surface area contributed by atoms with Crippen LogP contribution in [0.1, 0.15) is 29.2 Å². The second-order valence-corrected chi connectivity index (χ2v) is 8.60. The Morgan fingerprint density at radius 1 is 1.00 bits per heavy atom. The lowest BCUT2D eigenvalue weighted by Gasteiger charge is -2.22. The molecule has 3 aromatic rings. The van der Waals surface area contributed by atoms with E-state index in [1.807, 2.05) is 74.8 Å². The summed E-state index contributed by atoms with van der Waals surface area (Å²) >= 11 is 3.48. The van der Waals surface area contributed by atoms with Crippen molar-refractivity contribution < 1.29 is 4.79 Å². The third kappa shape index (κ3) is 4.94. The molecule has 31 heavy (non-hydrogen) atoms. The predicted octanol–water partition coefficient (Wildman–Crippen LogP) is 5.91. The van der Waals surface area contributed by atoms with E-state index < -0.39 is 0 Å². The first-order valence-corrected chi connectivity index (χ1v) is 11.0. The van der Waals surface area contributed by atoms with Crippen molar-refractivity contribution in [3.8, 4) is 0 Å². The van der Waals surface area contributed by atoms with Gasteiger partial charge in [-0.15, -0.1) is 0 Å². The molecule has 1 aliphatic heterocycles. The topological polar surface area (TPSA) is 35.9 Å². The van der Waals surface area contributed by atoms with Crippen LogP contribution in [0, 0.1) is 0 Å². The molecule has 1 amide bonds. The molecule has 1 aliphatic rings. The second kappa shape index (κ2) is 9.31. The lowest BCUT2D eigenvalue weighted by Crippen LogP contribution is -2.25. The van der Waals surface area contributed by atoms with E-state index in [1.165, 1.54) is 0 Å². The molecule has 0 saturated carbocycles. The van der Waals surface area contributed by atoms with Crippen LogP contribution in [0.5, 0.6) is 0 Å². The van der Waals surface area contributed by atoms with Gasteiger partial charge < -0.3 is 4.90 Å². The van der Waals surface area contributed by atoms with Gasteiger partial charge in [-0.05, 0) is 47.0 Å². The fourth-order valence-corrected chi connectivity index (χ4v) is 3.86. The molecule has 4 nitrogen and oxygen atoms in total. The molecule has 1 atom stereocenters. The smallest absolute Gasteiger partial charge is 0.267 e. The van der Waals surface area contributed by atoms with Gasteiger partial charge in [0.25, 0.3) is 5.91 Å². The summed E-state index contributed by atoms with van der Waals surface area (Å²) in [7, 11) is 4.03. The molecule has 0 fully saturated rings. The Kier molecular flexibility index (Phi) is 6.33. The van der Waals surface area contributed by atoms with Crippen LogP contribution in [0.2, 0.25) is 0 Å². The number of hydrogen-bond donors (Lipinski definition) is 0. The van der Waals surface area contributed by atoms with Crippen molar-refractivity contribution in [2.75, 3.05) is 19.0 Å². The van der Waals surface area contributed by atoms with Crippen molar-refractivity contribution in [1.82, 2.24) is 5.01 Å². The van der Waals surface area contributed by atoms with Gasteiger partial charge in [-0.25, -0.2) is 5.01 Å². The Balaban J connectivity index is 1.64. The van der Waals surface area contributed by atoms with Crippen LogP contribution in [-0.4, -0.2) is 30.7 Å². The Hall–Kier alpha value is -3.18. The van der Waals surface area contributed by atoms with Gasteiger partial charge in [-0.3, -0.25) is 4.79 Å². The van der Waals surface area contributed by atoms with E-state index in [9.17, 15) is 4.79 Å². The van der Waals surface area contributed by atoms with Crippen molar-refractivity contribution in [2.24, 2.45) is 5.10 Å². The van der Waals surface area contributed by atoms with Crippen LogP contribution in [0.4, 0.5) is 5.69 Å². The van der Waals surface area contributed by atoms with E-state index in [-0.39, 0.29) is 11.9 Å². The molecule has 0 radical (unpaired) electrons. The van der Waals surface area contributed by atoms with Gasteiger partial charge >= 0.3 is 0 Å². The number of amides is 1. The van der Waals surface area contributed by atoms with Gasteiger partial charge in [0.05, 0.1) is 11.8 Å². The van der Waals surface area contributed by atoms with Crippen molar-refractivity contribution in [3.63, 3.8) is 0 Å². The van der Waals surface area contributed by atoms with E-state index in [0.29, 0.717) is 6.42 Å². The molecule has 0 bridgehead atoms. The number of nitrogens with zero attached hydrogens (tertiary/aromatic N) is 3. The zero-order valence-corrected chi connectivity index (χ0v) is 19.2. The van der Waals surface area contributed by atoms with Crippen molar-refractivity contribution in [3.05, 3.63) is 106 Å². The quantitative estimate of drug-likeness (QED) is 0.432. The van der Waals surface area contributed by atoms with Crippen molar-refractivity contribution >= 4 is 39.3 Å². The molecule has 4 rings (SSSR count). The second-order valence-electron chi connectivity index (χ2n) is 7.69. The zero-order chi connectivity index (χ0) is 21.8. The molecule has 0 spiro atoms. The fourth-order valence-electron chi connectivity index (χ4n) is 3.59. The van der Waals surface area contributed by atoms with E-state index in [1.54, 1.807) is 11.1 Å². The number of anilines is 1. The predicted molar refractivity (Wildman–Crippen MR) is 131 cm³/mol. The minimum Gasteiger partial charge on any atom is -0.378 e. The first kappa shape index (κ1) is 21.1. The number of hydrogen-bond acceptors (Lipinski definition) is 3. The zero-order valence-electron chi connectivity index (χ0n) is 17.6. The summed E-state index contributed by atoms with van der Waals surface area (Å²) in [6.07, 6.45) is 4.11. The van der Waals surface area contributed by atoms with Crippen molar-refractivity contribution in [1.29, 1.82) is 0 Å². The Labute approximate surface area is 191 Å². The third-order valence-corrected chi connectivity index (χ3v) is 5.85. The minimum absolute atomic E-state index is 0.127. The SMILES string of the molecule is CN(C)c1ccc([C@@H]2CC(c3ccc(Br)cc3)=NN2C(=O)/C=C/c2ccccc2)cc1. The highest BCUT2D eigenvalue weighted by atomic mass is 79.9. The maximum Gasteiger partial charge on any atom is 0.267 e. The summed E-state index contributed by atoms with van der Waals surface area (Å²) in [5.41, 5.74) is 5.12. The highest BCUT2D eigenvalue weighted by Gasteiger charge is 2.32. The van der Waals surface area contributed by atoms with Gasteiger partial charge in [0.2, 0.25) is 0 Å². The van der Waals surface area contributed by atoms with Crippen LogP contribution < -0.4 is 4.90 Å². The average Bonchev–Trinajstić information content (AvgIpc) is 3.24. The standard InChI is InChI=1S/C26H24BrN3O/c1-29(2)23-15-11-21(12-16-23)25-18-24(20-9-13-22(27)14-10-20)28-30(25)26(31)17-8-19-6-4-3-5-7-19/h3-17,25H,18H2,1-2H3/b17-8+/t25-/m0/s1. The molecule has 1 heterocycles. The molecular weight excluding hydrogens is 450 g/mol. The Morgan fingerprint density at radius 3 is 2.32 bits per heavy atom. The van der Waals surface area contributed by atoms with E-state index >= 15 is 0 Å². The number of hydrazone groups is 1. The highest BCUT2D eigenvalue weighted by molar-refractivity contribution is 9.10. The van der Waals surface area contributed by atoms with Gasteiger partial charge in [0, 0.05) is 36.8 Å². The summed E-state index contributed by atoms with van der Waals surface area (Å²) in [6, 6.07) is 26.1. The number of rotatable bonds is 5. The van der Waals surface area contributed by atoms with E-state index in [0.717, 1.165) is 32.6 Å². The van der Waals surface area contributed by atoms with Crippen LogP contribution in [0.15, 0.2) is 94.5 Å². The largest absolute Gasteiger partial charge is 0.378 e. The van der Waals surface area contributed by atoms with E-state index in [2.05, 4.69) is 45.1 Å². The summed E-state index contributed by atoms with van der Waals surface area (Å²) in [5, 5.41) is 6.35. The molecule has 0 aromatic heterocycles. The average molecular weight is 474 g/mol. The maximum absolute atomic E-state index is 13.1. The highest BCUT2D eigenvalue weighted by Crippen LogP contribution is 2.34. The number of carbonyl (C=O) groups excluding carboxylic acids is 1. The summed E-state index contributed by atoms with van der Waals surface area (Å²) in [4.78, 5) is 15.2. The lowest BCUT2D eigenvalue weighted by atomic mass is 9.98.